The predicted octanol–water partition coefficient (Wildman–Crippen LogP) is 4.08. The smallest absolute Gasteiger partial charge is 0.00206 e. The van der Waals surface area contributed by atoms with Crippen LogP contribution in [0.25, 0.3) is 0 Å². The fourth-order valence-corrected chi connectivity index (χ4v) is 3.42. The molecule has 0 spiro atoms. The quantitative estimate of drug-likeness (QED) is 0.718. The highest BCUT2D eigenvalue weighted by atomic mass is 14.8. The van der Waals surface area contributed by atoms with Gasteiger partial charge >= 0.3 is 0 Å². The van der Waals surface area contributed by atoms with Gasteiger partial charge in [0.15, 0.2) is 0 Å². The summed E-state index contributed by atoms with van der Waals surface area (Å²) in [7, 11) is 0. The fourth-order valence-electron chi connectivity index (χ4n) is 3.42. The average Bonchev–Trinajstić information content (AvgIpc) is 2.34. The second kappa shape index (κ2) is 7.32. The van der Waals surface area contributed by atoms with Gasteiger partial charge in [0.25, 0.3) is 0 Å². The van der Waals surface area contributed by atoms with Crippen molar-refractivity contribution in [1.82, 2.24) is 5.32 Å². The minimum absolute atomic E-state index is 0.831. The van der Waals surface area contributed by atoms with Gasteiger partial charge in [0.2, 0.25) is 0 Å². The molecule has 1 rings (SSSR count). The van der Waals surface area contributed by atoms with Crippen LogP contribution in [0, 0.1) is 23.7 Å². The SMILES string of the molecule is CCNCC(C)C(C)C1CCCCC1CC. The minimum atomic E-state index is 0.831. The zero-order valence-corrected chi connectivity index (χ0v) is 11.8. The molecule has 0 radical (unpaired) electrons. The van der Waals surface area contributed by atoms with Crippen LogP contribution in [0.15, 0.2) is 0 Å². The van der Waals surface area contributed by atoms with E-state index in [9.17, 15) is 0 Å². The van der Waals surface area contributed by atoms with Gasteiger partial charge in [-0.25, -0.2) is 0 Å². The van der Waals surface area contributed by atoms with E-state index in [1.54, 1.807) is 0 Å². The second-order valence-corrected chi connectivity index (χ2v) is 5.76. The Morgan fingerprint density at radius 2 is 1.81 bits per heavy atom. The molecule has 0 heterocycles. The zero-order valence-electron chi connectivity index (χ0n) is 11.8. The van der Waals surface area contributed by atoms with Gasteiger partial charge in [-0.3, -0.25) is 0 Å². The topological polar surface area (TPSA) is 12.0 Å². The van der Waals surface area contributed by atoms with Crippen molar-refractivity contribution in [3.8, 4) is 0 Å². The number of hydrogen-bond donors (Lipinski definition) is 1. The van der Waals surface area contributed by atoms with E-state index in [0.29, 0.717) is 0 Å². The number of rotatable bonds is 6. The fraction of sp³-hybridized carbons (Fsp3) is 1.00. The van der Waals surface area contributed by atoms with Crippen LogP contribution in [-0.2, 0) is 0 Å². The molecule has 1 N–H and O–H groups in total. The first kappa shape index (κ1) is 14.0. The van der Waals surface area contributed by atoms with Crippen LogP contribution in [0.5, 0.6) is 0 Å². The molecule has 0 bridgehead atoms. The van der Waals surface area contributed by atoms with Gasteiger partial charge < -0.3 is 5.32 Å². The number of nitrogens with one attached hydrogen (secondary N) is 1. The van der Waals surface area contributed by atoms with E-state index in [2.05, 4.69) is 33.0 Å². The Labute approximate surface area is 102 Å². The van der Waals surface area contributed by atoms with E-state index < -0.39 is 0 Å². The molecule has 1 heteroatoms. The first-order chi connectivity index (χ1) is 7.70. The Morgan fingerprint density at radius 3 is 2.44 bits per heavy atom. The Kier molecular flexibility index (Phi) is 6.41. The molecule has 0 aliphatic heterocycles. The van der Waals surface area contributed by atoms with Gasteiger partial charge in [-0.15, -0.1) is 0 Å². The monoisotopic (exact) mass is 225 g/mol. The summed E-state index contributed by atoms with van der Waals surface area (Å²) in [5.74, 6) is 3.72. The van der Waals surface area contributed by atoms with E-state index in [-0.39, 0.29) is 0 Å². The van der Waals surface area contributed by atoms with Gasteiger partial charge in [0, 0.05) is 0 Å². The van der Waals surface area contributed by atoms with Gasteiger partial charge in [-0.2, -0.15) is 0 Å². The van der Waals surface area contributed by atoms with E-state index in [1.165, 1.54) is 38.6 Å². The molecular formula is C15H31N. The molecule has 4 unspecified atom stereocenters. The summed E-state index contributed by atoms with van der Waals surface area (Å²) in [6.45, 7) is 11.8. The lowest BCUT2D eigenvalue weighted by atomic mass is 9.68. The summed E-state index contributed by atoms with van der Waals surface area (Å²) < 4.78 is 0. The van der Waals surface area contributed by atoms with Gasteiger partial charge in [-0.05, 0) is 43.2 Å². The van der Waals surface area contributed by atoms with Crippen LogP contribution >= 0.6 is 0 Å². The molecule has 0 aromatic rings. The van der Waals surface area contributed by atoms with Crippen molar-refractivity contribution in [3.05, 3.63) is 0 Å². The minimum Gasteiger partial charge on any atom is -0.317 e. The molecule has 0 aromatic carbocycles. The Morgan fingerprint density at radius 1 is 1.12 bits per heavy atom. The molecule has 1 aliphatic rings. The highest BCUT2D eigenvalue weighted by Gasteiger charge is 2.30. The van der Waals surface area contributed by atoms with Crippen molar-refractivity contribution in [1.29, 1.82) is 0 Å². The van der Waals surface area contributed by atoms with E-state index in [4.69, 9.17) is 0 Å². The second-order valence-electron chi connectivity index (χ2n) is 5.76. The Bertz CT molecular complexity index is 178. The molecule has 1 fully saturated rings. The maximum atomic E-state index is 3.50. The van der Waals surface area contributed by atoms with Crippen molar-refractivity contribution in [2.45, 2.75) is 59.8 Å². The van der Waals surface area contributed by atoms with E-state index in [0.717, 1.165) is 30.2 Å². The molecule has 96 valence electrons. The van der Waals surface area contributed by atoms with Crippen molar-refractivity contribution < 1.29 is 0 Å². The third-order valence-corrected chi connectivity index (χ3v) is 4.78. The summed E-state index contributed by atoms with van der Waals surface area (Å²) in [5, 5.41) is 3.50. The molecule has 0 aromatic heterocycles. The largest absolute Gasteiger partial charge is 0.317 e. The molecular weight excluding hydrogens is 194 g/mol. The first-order valence-electron chi connectivity index (χ1n) is 7.41. The molecule has 1 aliphatic carbocycles. The Hall–Kier alpha value is -0.0400. The molecule has 1 nitrogen and oxygen atoms in total. The van der Waals surface area contributed by atoms with Crippen molar-refractivity contribution in [2.24, 2.45) is 23.7 Å². The highest BCUT2D eigenvalue weighted by molar-refractivity contribution is 4.81. The third-order valence-electron chi connectivity index (χ3n) is 4.78. The van der Waals surface area contributed by atoms with Crippen molar-refractivity contribution >= 4 is 0 Å². The van der Waals surface area contributed by atoms with Crippen molar-refractivity contribution in [3.63, 3.8) is 0 Å². The van der Waals surface area contributed by atoms with Crippen LogP contribution in [0.1, 0.15) is 59.8 Å². The van der Waals surface area contributed by atoms with Gasteiger partial charge in [-0.1, -0.05) is 53.4 Å². The molecule has 1 saturated carbocycles. The lowest BCUT2D eigenvalue weighted by Gasteiger charge is -2.38. The lowest BCUT2D eigenvalue weighted by Crippen LogP contribution is -2.33. The summed E-state index contributed by atoms with van der Waals surface area (Å²) in [6.07, 6.45) is 7.31. The van der Waals surface area contributed by atoms with E-state index >= 15 is 0 Å². The first-order valence-corrected chi connectivity index (χ1v) is 7.41. The van der Waals surface area contributed by atoms with Gasteiger partial charge in [0.05, 0.1) is 0 Å². The van der Waals surface area contributed by atoms with Crippen LogP contribution in [0.3, 0.4) is 0 Å². The predicted molar refractivity (Wildman–Crippen MR) is 72.6 cm³/mol. The van der Waals surface area contributed by atoms with Crippen LogP contribution in [-0.4, -0.2) is 13.1 Å². The third kappa shape index (κ3) is 3.76. The number of hydrogen-bond acceptors (Lipinski definition) is 1. The maximum absolute atomic E-state index is 3.50. The molecule has 0 saturated heterocycles. The summed E-state index contributed by atoms with van der Waals surface area (Å²) >= 11 is 0. The van der Waals surface area contributed by atoms with Crippen molar-refractivity contribution in [2.75, 3.05) is 13.1 Å². The van der Waals surface area contributed by atoms with Crippen LogP contribution < -0.4 is 5.32 Å². The molecule has 4 atom stereocenters. The summed E-state index contributed by atoms with van der Waals surface area (Å²) in [5.41, 5.74) is 0. The maximum Gasteiger partial charge on any atom is -0.00206 e. The Balaban J connectivity index is 2.45. The van der Waals surface area contributed by atoms with Crippen LogP contribution in [0.4, 0.5) is 0 Å². The summed E-state index contributed by atoms with van der Waals surface area (Å²) in [6, 6.07) is 0. The lowest BCUT2D eigenvalue weighted by molar-refractivity contribution is 0.128. The zero-order chi connectivity index (χ0) is 12.0. The molecule has 0 amide bonds. The normalized spacial score (nSPS) is 30.0. The summed E-state index contributed by atoms with van der Waals surface area (Å²) in [4.78, 5) is 0. The standard InChI is InChI=1S/C15H31N/c1-5-14-9-7-8-10-15(14)13(4)12(3)11-16-6-2/h12-16H,5-11H2,1-4H3. The van der Waals surface area contributed by atoms with Gasteiger partial charge in [0.1, 0.15) is 0 Å². The van der Waals surface area contributed by atoms with Crippen LogP contribution in [0.2, 0.25) is 0 Å². The highest BCUT2D eigenvalue weighted by Crippen LogP contribution is 2.39. The average molecular weight is 225 g/mol. The van der Waals surface area contributed by atoms with E-state index in [1.807, 2.05) is 0 Å². The molecule has 16 heavy (non-hydrogen) atoms.